The Labute approximate surface area is 177 Å². The number of nitrogens with zero attached hydrogens (tertiary/aromatic N) is 1. The summed E-state index contributed by atoms with van der Waals surface area (Å²) < 4.78 is 1.74. The molecule has 3 N–H and O–H groups in total. The number of benzene rings is 2. The van der Waals surface area contributed by atoms with E-state index in [-0.39, 0.29) is 28.8 Å². The lowest BCUT2D eigenvalue weighted by molar-refractivity contribution is 0.0686. The average Bonchev–Trinajstić information content (AvgIpc) is 3.09. The molecule has 0 fully saturated rings. The molecule has 158 valence electrons. The van der Waals surface area contributed by atoms with Gasteiger partial charge in [-0.05, 0) is 56.3 Å². The van der Waals surface area contributed by atoms with Crippen LogP contribution in [0.4, 0.5) is 0 Å². The van der Waals surface area contributed by atoms with Crippen molar-refractivity contribution in [2.24, 2.45) is 0 Å². The minimum absolute atomic E-state index is 0.0245. The van der Waals surface area contributed by atoms with Crippen LogP contribution in [0.2, 0.25) is 0 Å². The van der Waals surface area contributed by atoms with Gasteiger partial charge in [-0.1, -0.05) is 12.1 Å². The highest BCUT2D eigenvalue weighted by molar-refractivity contribution is 6.04. The molecule has 0 spiro atoms. The summed E-state index contributed by atoms with van der Waals surface area (Å²) in [6.07, 6.45) is 0. The second-order valence-corrected chi connectivity index (χ2v) is 6.98. The molecule has 0 atom stereocenters. The molecule has 0 radical (unpaired) electrons. The van der Waals surface area contributed by atoms with Crippen LogP contribution in [0.1, 0.15) is 52.8 Å². The van der Waals surface area contributed by atoms with Crippen LogP contribution in [0.15, 0.2) is 54.6 Å². The van der Waals surface area contributed by atoms with Crippen molar-refractivity contribution in [3.63, 3.8) is 0 Å². The number of amides is 1. The fourth-order valence-corrected chi connectivity index (χ4v) is 3.28. The number of carboxylic acids is 2. The van der Waals surface area contributed by atoms with Crippen molar-refractivity contribution in [2.45, 2.75) is 13.8 Å². The highest BCUT2D eigenvalue weighted by atomic mass is 16.4. The average molecular weight is 420 g/mol. The van der Waals surface area contributed by atoms with Gasteiger partial charge in [-0.25, -0.2) is 9.59 Å². The Kier molecular flexibility index (Phi) is 6.01. The molecule has 0 saturated carbocycles. The van der Waals surface area contributed by atoms with E-state index in [0.29, 0.717) is 5.69 Å². The maximum atomic E-state index is 12.6. The van der Waals surface area contributed by atoms with E-state index < -0.39 is 23.6 Å². The normalized spacial score (nSPS) is 10.5. The van der Waals surface area contributed by atoms with Crippen molar-refractivity contribution in [2.75, 3.05) is 6.54 Å². The van der Waals surface area contributed by atoms with Crippen molar-refractivity contribution in [3.8, 4) is 5.69 Å². The number of carbonyl (C=O) groups is 4. The van der Waals surface area contributed by atoms with E-state index in [9.17, 15) is 24.3 Å². The largest absolute Gasteiger partial charge is 0.478 e. The van der Waals surface area contributed by atoms with Crippen LogP contribution < -0.4 is 5.32 Å². The second kappa shape index (κ2) is 8.66. The van der Waals surface area contributed by atoms with Gasteiger partial charge in [-0.15, -0.1) is 0 Å². The molecule has 0 bridgehead atoms. The van der Waals surface area contributed by atoms with Crippen molar-refractivity contribution < 1.29 is 29.4 Å². The molecule has 31 heavy (non-hydrogen) atoms. The van der Waals surface area contributed by atoms with E-state index in [1.165, 1.54) is 42.5 Å². The number of carboxylic acid groups (broad SMARTS) is 2. The third-order valence-electron chi connectivity index (χ3n) is 4.84. The highest BCUT2D eigenvalue weighted by Gasteiger charge is 2.18. The lowest BCUT2D eigenvalue weighted by Gasteiger charge is -2.14. The first-order chi connectivity index (χ1) is 14.7. The predicted octanol–water partition coefficient (Wildman–Crippen LogP) is 3.10. The lowest BCUT2D eigenvalue weighted by Crippen LogP contribution is -2.30. The summed E-state index contributed by atoms with van der Waals surface area (Å²) in [5.41, 5.74) is 2.35. The van der Waals surface area contributed by atoms with Gasteiger partial charge in [0.05, 0.1) is 23.4 Å². The third-order valence-corrected chi connectivity index (χ3v) is 4.84. The van der Waals surface area contributed by atoms with E-state index in [0.717, 1.165) is 11.4 Å². The summed E-state index contributed by atoms with van der Waals surface area (Å²) in [6.45, 7) is 3.32. The SMILES string of the molecule is Cc1ccc(C)n1-c1cc(C(=O)NCC(=O)c2cccc(C(=O)O)c2)ccc1C(=O)O. The Morgan fingerprint density at radius 2 is 1.45 bits per heavy atom. The van der Waals surface area contributed by atoms with Crippen molar-refractivity contribution in [3.05, 3.63) is 88.2 Å². The first-order valence-electron chi connectivity index (χ1n) is 9.36. The number of hydrogen-bond acceptors (Lipinski definition) is 4. The summed E-state index contributed by atoms with van der Waals surface area (Å²) in [4.78, 5) is 47.7. The topological polar surface area (TPSA) is 126 Å². The van der Waals surface area contributed by atoms with Gasteiger partial charge in [0, 0.05) is 22.5 Å². The summed E-state index contributed by atoms with van der Waals surface area (Å²) >= 11 is 0. The van der Waals surface area contributed by atoms with Crippen molar-refractivity contribution in [1.82, 2.24) is 9.88 Å². The minimum Gasteiger partial charge on any atom is -0.478 e. The third kappa shape index (κ3) is 4.53. The standard InChI is InChI=1S/C23H20N2O6/c1-13-6-7-14(2)25(13)19-11-16(8-9-18(19)23(30)31)21(27)24-12-20(26)15-4-3-5-17(10-15)22(28)29/h3-11H,12H2,1-2H3,(H,24,27)(H,28,29)(H,30,31). The fourth-order valence-electron chi connectivity index (χ4n) is 3.28. The zero-order chi connectivity index (χ0) is 22.7. The summed E-state index contributed by atoms with van der Waals surface area (Å²) in [5, 5.41) is 21.1. The van der Waals surface area contributed by atoms with Gasteiger partial charge in [-0.3, -0.25) is 9.59 Å². The molecule has 0 aliphatic carbocycles. The highest BCUT2D eigenvalue weighted by Crippen LogP contribution is 2.22. The monoisotopic (exact) mass is 420 g/mol. The van der Waals surface area contributed by atoms with Gasteiger partial charge in [0.2, 0.25) is 0 Å². The van der Waals surface area contributed by atoms with Gasteiger partial charge in [0.25, 0.3) is 5.91 Å². The Balaban J connectivity index is 1.83. The van der Waals surface area contributed by atoms with Crippen LogP contribution in [0, 0.1) is 13.8 Å². The van der Waals surface area contributed by atoms with Crippen molar-refractivity contribution >= 4 is 23.6 Å². The zero-order valence-electron chi connectivity index (χ0n) is 16.9. The predicted molar refractivity (Wildman–Crippen MR) is 112 cm³/mol. The molecular weight excluding hydrogens is 400 g/mol. The van der Waals surface area contributed by atoms with Crippen LogP contribution in [-0.2, 0) is 0 Å². The van der Waals surface area contributed by atoms with E-state index >= 15 is 0 Å². The molecule has 2 aromatic carbocycles. The fraction of sp³-hybridized carbons (Fsp3) is 0.130. The number of aryl methyl sites for hydroxylation is 2. The Hall–Kier alpha value is -4.20. The molecule has 3 rings (SSSR count). The first kappa shape index (κ1) is 21.5. The van der Waals surface area contributed by atoms with Gasteiger partial charge < -0.3 is 20.1 Å². The van der Waals surface area contributed by atoms with Crippen LogP contribution in [0.25, 0.3) is 5.69 Å². The molecule has 1 aromatic heterocycles. The zero-order valence-corrected chi connectivity index (χ0v) is 16.9. The molecule has 0 unspecified atom stereocenters. The van der Waals surface area contributed by atoms with Gasteiger partial charge in [-0.2, -0.15) is 0 Å². The van der Waals surface area contributed by atoms with E-state index in [4.69, 9.17) is 5.11 Å². The molecule has 8 heteroatoms. The lowest BCUT2D eigenvalue weighted by atomic mass is 10.1. The molecule has 1 amide bonds. The Bertz CT molecular complexity index is 1190. The number of Topliss-reactive ketones (excluding diaryl/α,β-unsaturated/α-hetero) is 1. The molecule has 8 nitrogen and oxygen atoms in total. The van der Waals surface area contributed by atoms with Crippen LogP contribution >= 0.6 is 0 Å². The molecule has 3 aromatic rings. The number of hydrogen-bond donors (Lipinski definition) is 3. The molecule has 0 aliphatic rings. The number of ketones is 1. The maximum absolute atomic E-state index is 12.6. The van der Waals surface area contributed by atoms with E-state index in [1.807, 2.05) is 26.0 Å². The number of aromatic nitrogens is 1. The number of aromatic carboxylic acids is 2. The summed E-state index contributed by atoms with van der Waals surface area (Å²) in [5.74, 6) is -3.28. The number of nitrogens with one attached hydrogen (secondary N) is 1. The molecular formula is C23H20N2O6. The minimum atomic E-state index is -1.15. The van der Waals surface area contributed by atoms with Gasteiger partial charge in [0.1, 0.15) is 0 Å². The second-order valence-electron chi connectivity index (χ2n) is 6.98. The first-order valence-corrected chi connectivity index (χ1v) is 9.36. The molecule has 0 saturated heterocycles. The Morgan fingerprint density at radius 1 is 0.806 bits per heavy atom. The van der Waals surface area contributed by atoms with Crippen molar-refractivity contribution in [1.29, 1.82) is 0 Å². The molecule has 0 aliphatic heterocycles. The van der Waals surface area contributed by atoms with Crippen LogP contribution in [0.3, 0.4) is 0 Å². The molecule has 1 heterocycles. The summed E-state index contributed by atoms with van der Waals surface area (Å²) in [6, 6.07) is 13.4. The quantitative estimate of drug-likeness (QED) is 0.504. The maximum Gasteiger partial charge on any atom is 0.337 e. The van der Waals surface area contributed by atoms with E-state index in [2.05, 4.69) is 5.32 Å². The van der Waals surface area contributed by atoms with E-state index in [1.54, 1.807) is 4.57 Å². The number of carbonyl (C=O) groups excluding carboxylic acids is 2. The van der Waals surface area contributed by atoms with Gasteiger partial charge >= 0.3 is 11.9 Å². The van der Waals surface area contributed by atoms with Gasteiger partial charge in [0.15, 0.2) is 5.78 Å². The summed E-state index contributed by atoms with van der Waals surface area (Å²) in [7, 11) is 0. The Morgan fingerprint density at radius 3 is 2.06 bits per heavy atom. The smallest absolute Gasteiger partial charge is 0.337 e. The number of rotatable bonds is 7. The van der Waals surface area contributed by atoms with Crippen LogP contribution in [-0.4, -0.2) is 45.0 Å². The van der Waals surface area contributed by atoms with Crippen LogP contribution in [0.5, 0.6) is 0 Å².